The summed E-state index contributed by atoms with van der Waals surface area (Å²) in [5, 5.41) is 0. The number of benzene rings is 3. The fourth-order valence-corrected chi connectivity index (χ4v) is 2.49. The zero-order chi connectivity index (χ0) is 16.1. The van der Waals surface area contributed by atoms with Gasteiger partial charge >= 0.3 is 0 Å². The maximum absolute atomic E-state index is 6.05. The van der Waals surface area contributed by atoms with E-state index in [0.29, 0.717) is 0 Å². The first-order chi connectivity index (χ1) is 11.3. The highest BCUT2D eigenvalue weighted by molar-refractivity contribution is 5.81. The van der Waals surface area contributed by atoms with Crippen LogP contribution in [-0.2, 0) is 0 Å². The Morgan fingerprint density at radius 1 is 0.565 bits per heavy atom. The monoisotopic (exact) mass is 306 g/mol. The van der Waals surface area contributed by atoms with E-state index >= 15 is 0 Å². The van der Waals surface area contributed by atoms with Crippen molar-refractivity contribution in [3.8, 4) is 34.1 Å². The van der Waals surface area contributed by atoms with Crippen LogP contribution in [0.15, 0.2) is 72.8 Å². The highest BCUT2D eigenvalue weighted by atomic mass is 16.5. The number of para-hydroxylation sites is 2. The van der Waals surface area contributed by atoms with Crippen molar-refractivity contribution in [2.24, 2.45) is 0 Å². The van der Waals surface area contributed by atoms with Gasteiger partial charge in [0.15, 0.2) is 0 Å². The molecular formula is C20H18O3. The van der Waals surface area contributed by atoms with Gasteiger partial charge in [0.1, 0.15) is 23.0 Å². The third kappa shape index (κ3) is 3.14. The molecule has 0 radical (unpaired) electrons. The molecule has 0 fully saturated rings. The first-order valence-electron chi connectivity index (χ1n) is 7.37. The maximum atomic E-state index is 6.05. The van der Waals surface area contributed by atoms with Gasteiger partial charge in [0.05, 0.1) is 19.8 Å². The van der Waals surface area contributed by atoms with E-state index in [9.17, 15) is 0 Å². The van der Waals surface area contributed by atoms with Gasteiger partial charge in [-0.15, -0.1) is 0 Å². The minimum Gasteiger partial charge on any atom is -0.496 e. The molecule has 0 amide bonds. The van der Waals surface area contributed by atoms with E-state index in [0.717, 1.165) is 34.1 Å². The van der Waals surface area contributed by atoms with Crippen LogP contribution in [0.1, 0.15) is 0 Å². The smallest absolute Gasteiger partial charge is 0.135 e. The van der Waals surface area contributed by atoms with Gasteiger partial charge in [-0.05, 0) is 30.3 Å². The van der Waals surface area contributed by atoms with Gasteiger partial charge in [0.2, 0.25) is 0 Å². The SMILES string of the molecule is COc1cccc(OC)c1-c1ccccc1Oc1ccccc1. The van der Waals surface area contributed by atoms with E-state index in [1.165, 1.54) is 0 Å². The lowest BCUT2D eigenvalue weighted by Gasteiger charge is -2.16. The van der Waals surface area contributed by atoms with Crippen LogP contribution >= 0.6 is 0 Å². The number of hydrogen-bond donors (Lipinski definition) is 0. The van der Waals surface area contributed by atoms with E-state index in [1.54, 1.807) is 14.2 Å². The van der Waals surface area contributed by atoms with Crippen molar-refractivity contribution in [1.29, 1.82) is 0 Å². The highest BCUT2D eigenvalue weighted by Crippen LogP contribution is 2.43. The minimum atomic E-state index is 0.744. The van der Waals surface area contributed by atoms with E-state index in [2.05, 4.69) is 0 Å². The van der Waals surface area contributed by atoms with Gasteiger partial charge in [0, 0.05) is 5.56 Å². The molecular weight excluding hydrogens is 288 g/mol. The van der Waals surface area contributed by atoms with Crippen molar-refractivity contribution < 1.29 is 14.2 Å². The summed E-state index contributed by atoms with van der Waals surface area (Å²) in [6.07, 6.45) is 0. The quantitative estimate of drug-likeness (QED) is 0.651. The lowest BCUT2D eigenvalue weighted by atomic mass is 10.0. The Kier molecular flexibility index (Phi) is 4.48. The first-order valence-corrected chi connectivity index (χ1v) is 7.37. The van der Waals surface area contributed by atoms with E-state index in [-0.39, 0.29) is 0 Å². The van der Waals surface area contributed by atoms with Crippen molar-refractivity contribution in [3.63, 3.8) is 0 Å². The molecule has 0 saturated carbocycles. The van der Waals surface area contributed by atoms with Gasteiger partial charge in [-0.25, -0.2) is 0 Å². The number of hydrogen-bond acceptors (Lipinski definition) is 3. The standard InChI is InChI=1S/C20H18O3/c1-21-18-13-8-14-19(22-2)20(18)16-11-6-7-12-17(16)23-15-9-4-3-5-10-15/h3-14H,1-2H3. The predicted octanol–water partition coefficient (Wildman–Crippen LogP) is 5.16. The van der Waals surface area contributed by atoms with Crippen LogP contribution in [0.2, 0.25) is 0 Å². The fourth-order valence-electron chi connectivity index (χ4n) is 2.49. The molecule has 0 aromatic heterocycles. The summed E-state index contributed by atoms with van der Waals surface area (Å²) in [7, 11) is 3.30. The lowest BCUT2D eigenvalue weighted by molar-refractivity contribution is 0.396. The summed E-state index contributed by atoms with van der Waals surface area (Å²) in [6, 6.07) is 23.3. The zero-order valence-corrected chi connectivity index (χ0v) is 13.2. The van der Waals surface area contributed by atoms with Crippen LogP contribution in [0.5, 0.6) is 23.0 Å². The van der Waals surface area contributed by atoms with E-state index in [4.69, 9.17) is 14.2 Å². The second-order valence-electron chi connectivity index (χ2n) is 4.95. The normalized spacial score (nSPS) is 10.2. The van der Waals surface area contributed by atoms with Gasteiger partial charge < -0.3 is 14.2 Å². The molecule has 0 N–H and O–H groups in total. The van der Waals surface area contributed by atoms with Crippen LogP contribution in [0.3, 0.4) is 0 Å². The fraction of sp³-hybridized carbons (Fsp3) is 0.100. The van der Waals surface area contributed by atoms with Crippen molar-refractivity contribution in [2.75, 3.05) is 14.2 Å². The average molecular weight is 306 g/mol. The Morgan fingerprint density at radius 3 is 1.78 bits per heavy atom. The second kappa shape index (κ2) is 6.88. The molecule has 0 unspecified atom stereocenters. The molecule has 0 aliphatic carbocycles. The summed E-state index contributed by atoms with van der Waals surface area (Å²) < 4.78 is 17.1. The van der Waals surface area contributed by atoms with Gasteiger partial charge in [-0.3, -0.25) is 0 Å². The van der Waals surface area contributed by atoms with Crippen LogP contribution in [0.25, 0.3) is 11.1 Å². The molecule has 0 saturated heterocycles. The maximum Gasteiger partial charge on any atom is 0.135 e. The summed E-state index contributed by atoms with van der Waals surface area (Å²) >= 11 is 0. The molecule has 0 aliphatic rings. The van der Waals surface area contributed by atoms with Crippen LogP contribution in [0, 0.1) is 0 Å². The summed E-state index contributed by atoms with van der Waals surface area (Å²) in [5.74, 6) is 3.03. The molecule has 0 aliphatic heterocycles. The number of ether oxygens (including phenoxy) is 3. The molecule has 3 rings (SSSR count). The molecule has 0 heterocycles. The molecule has 116 valence electrons. The van der Waals surface area contributed by atoms with Gasteiger partial charge in [0.25, 0.3) is 0 Å². The Morgan fingerprint density at radius 2 is 1.13 bits per heavy atom. The summed E-state index contributed by atoms with van der Waals surface area (Å²) in [6.45, 7) is 0. The largest absolute Gasteiger partial charge is 0.496 e. The topological polar surface area (TPSA) is 27.7 Å². The average Bonchev–Trinajstić information content (AvgIpc) is 2.62. The second-order valence-corrected chi connectivity index (χ2v) is 4.95. The third-order valence-corrected chi connectivity index (χ3v) is 3.56. The molecule has 0 spiro atoms. The third-order valence-electron chi connectivity index (χ3n) is 3.56. The van der Waals surface area contributed by atoms with Crippen LogP contribution in [-0.4, -0.2) is 14.2 Å². The van der Waals surface area contributed by atoms with Crippen molar-refractivity contribution in [2.45, 2.75) is 0 Å². The molecule has 3 nitrogen and oxygen atoms in total. The Labute approximate surface area is 136 Å². The molecule has 23 heavy (non-hydrogen) atoms. The predicted molar refractivity (Wildman–Crippen MR) is 91.5 cm³/mol. The van der Waals surface area contributed by atoms with Crippen molar-refractivity contribution >= 4 is 0 Å². The van der Waals surface area contributed by atoms with Gasteiger partial charge in [-0.2, -0.15) is 0 Å². The van der Waals surface area contributed by atoms with E-state index < -0.39 is 0 Å². The zero-order valence-electron chi connectivity index (χ0n) is 13.2. The van der Waals surface area contributed by atoms with Crippen LogP contribution in [0.4, 0.5) is 0 Å². The van der Waals surface area contributed by atoms with Gasteiger partial charge in [-0.1, -0.05) is 42.5 Å². The molecule has 3 aromatic rings. The molecule has 3 heteroatoms. The Bertz CT molecular complexity index is 760. The number of rotatable bonds is 5. The molecule has 0 bridgehead atoms. The van der Waals surface area contributed by atoms with Crippen LogP contribution < -0.4 is 14.2 Å². The van der Waals surface area contributed by atoms with E-state index in [1.807, 2.05) is 72.8 Å². The summed E-state index contributed by atoms with van der Waals surface area (Å²) in [4.78, 5) is 0. The highest BCUT2D eigenvalue weighted by Gasteiger charge is 2.16. The molecule has 3 aromatic carbocycles. The number of methoxy groups -OCH3 is 2. The lowest BCUT2D eigenvalue weighted by Crippen LogP contribution is -1.95. The Balaban J connectivity index is 2.11. The molecule has 0 atom stereocenters. The minimum absolute atomic E-state index is 0.744. The Hall–Kier alpha value is -2.94. The first kappa shape index (κ1) is 15.0. The summed E-state index contributed by atoms with van der Waals surface area (Å²) in [5.41, 5.74) is 1.80. The van der Waals surface area contributed by atoms with Crippen molar-refractivity contribution in [3.05, 3.63) is 72.8 Å². The van der Waals surface area contributed by atoms with Crippen molar-refractivity contribution in [1.82, 2.24) is 0 Å².